The maximum atomic E-state index is 13.1. The van der Waals surface area contributed by atoms with Gasteiger partial charge >= 0.3 is 0 Å². The summed E-state index contributed by atoms with van der Waals surface area (Å²) in [5.74, 6) is -0.101. The number of hydrogen-bond donors (Lipinski definition) is 2. The first-order valence-electron chi connectivity index (χ1n) is 9.10. The molecule has 1 aliphatic rings. The number of aromatic nitrogens is 2. The van der Waals surface area contributed by atoms with Crippen LogP contribution in [0, 0.1) is 5.82 Å². The Hall–Kier alpha value is -1.44. The molecule has 1 aromatic carbocycles. The van der Waals surface area contributed by atoms with Crippen LogP contribution < -0.4 is 4.72 Å². The summed E-state index contributed by atoms with van der Waals surface area (Å²) in [4.78, 5) is 0. The Bertz CT molecular complexity index is 896. The zero-order valence-electron chi connectivity index (χ0n) is 15.7. The van der Waals surface area contributed by atoms with Crippen molar-refractivity contribution in [2.24, 2.45) is 0 Å². The average Bonchev–Trinajstić information content (AvgIpc) is 2.96. The van der Waals surface area contributed by atoms with Gasteiger partial charge in [0.1, 0.15) is 11.5 Å². The number of benzene rings is 1. The molecule has 1 fully saturated rings. The fraction of sp³-hybridized carbons (Fsp3) is 0.526. The molecule has 5 nitrogen and oxygen atoms in total. The summed E-state index contributed by atoms with van der Waals surface area (Å²) in [7, 11) is -3.35. The van der Waals surface area contributed by atoms with Gasteiger partial charge in [0.25, 0.3) is 0 Å². The lowest BCUT2D eigenvalue weighted by Gasteiger charge is -2.31. The van der Waals surface area contributed by atoms with Crippen molar-refractivity contribution in [2.75, 3.05) is 0 Å². The van der Waals surface area contributed by atoms with Crippen molar-refractivity contribution in [3.63, 3.8) is 0 Å². The molecule has 8 heteroatoms. The molecule has 0 bridgehead atoms. The zero-order chi connectivity index (χ0) is 19.8. The second kappa shape index (κ2) is 7.53. The first-order chi connectivity index (χ1) is 12.6. The van der Waals surface area contributed by atoms with Crippen LogP contribution >= 0.6 is 11.6 Å². The Balaban J connectivity index is 1.68. The molecule has 1 aromatic heterocycles. The third kappa shape index (κ3) is 4.36. The van der Waals surface area contributed by atoms with Gasteiger partial charge in [0.15, 0.2) is 0 Å². The normalized spacial score (nSPS) is 21.4. The molecule has 0 unspecified atom stereocenters. The van der Waals surface area contributed by atoms with Crippen LogP contribution in [0.5, 0.6) is 0 Å². The van der Waals surface area contributed by atoms with Crippen LogP contribution in [-0.2, 0) is 10.0 Å². The number of rotatable bonds is 4. The van der Waals surface area contributed by atoms with Crippen molar-refractivity contribution in [1.82, 2.24) is 14.9 Å². The average molecular weight is 414 g/mol. The maximum absolute atomic E-state index is 13.1. The van der Waals surface area contributed by atoms with Gasteiger partial charge in [-0.1, -0.05) is 11.6 Å². The molecule has 0 atom stereocenters. The number of nitrogens with one attached hydrogen (secondary N) is 2. The quantitative estimate of drug-likeness (QED) is 0.768. The molecule has 1 heterocycles. The van der Waals surface area contributed by atoms with Gasteiger partial charge in [-0.2, -0.15) is 5.10 Å². The maximum Gasteiger partial charge on any atom is 0.216 e. The molecular formula is C19H25ClFN3O2S. The minimum atomic E-state index is -3.35. The molecule has 0 amide bonds. The van der Waals surface area contributed by atoms with E-state index < -0.39 is 14.8 Å². The van der Waals surface area contributed by atoms with Gasteiger partial charge in [0.2, 0.25) is 10.0 Å². The molecule has 2 aromatic rings. The molecule has 1 saturated carbocycles. The van der Waals surface area contributed by atoms with Crippen LogP contribution in [0.4, 0.5) is 4.39 Å². The van der Waals surface area contributed by atoms with Crippen molar-refractivity contribution < 1.29 is 12.8 Å². The van der Waals surface area contributed by atoms with Crippen molar-refractivity contribution in [1.29, 1.82) is 0 Å². The van der Waals surface area contributed by atoms with Crippen LogP contribution in [0.25, 0.3) is 11.3 Å². The molecule has 0 aliphatic heterocycles. The largest absolute Gasteiger partial charge is 0.280 e. The van der Waals surface area contributed by atoms with Gasteiger partial charge in [0.05, 0.1) is 15.5 Å². The number of halogens is 2. The lowest BCUT2D eigenvalue weighted by molar-refractivity contribution is 0.367. The zero-order valence-corrected chi connectivity index (χ0v) is 17.3. The lowest BCUT2D eigenvalue weighted by Crippen LogP contribution is -2.45. The highest BCUT2D eigenvalue weighted by atomic mass is 35.5. The van der Waals surface area contributed by atoms with Gasteiger partial charge < -0.3 is 0 Å². The van der Waals surface area contributed by atoms with Crippen molar-refractivity contribution in [2.45, 2.75) is 63.2 Å². The molecule has 148 valence electrons. The first kappa shape index (κ1) is 20.3. The Morgan fingerprint density at radius 2 is 1.74 bits per heavy atom. The number of nitrogens with zero attached hydrogens (tertiary/aromatic N) is 1. The Labute approximate surface area is 164 Å². The third-order valence-corrected chi connectivity index (χ3v) is 7.75. The van der Waals surface area contributed by atoms with E-state index in [1.165, 1.54) is 12.1 Å². The summed E-state index contributed by atoms with van der Waals surface area (Å²) < 4.78 is 39.8. The number of sulfonamides is 1. The standard InChI is InChI=1S/C19H25ClFN3O2S/c1-19(2,3)27(25,26)24-15-10-6-13(7-11-15)18-16(20)17(22-23-18)12-4-8-14(21)9-5-12/h4-5,8-9,13,15,24H,6-7,10-11H2,1-3H3,(H,22,23). The molecule has 2 N–H and O–H groups in total. The topological polar surface area (TPSA) is 74.8 Å². The van der Waals surface area contributed by atoms with E-state index in [0.717, 1.165) is 36.9 Å². The number of hydrogen-bond acceptors (Lipinski definition) is 3. The van der Waals surface area contributed by atoms with Crippen molar-refractivity contribution in [3.05, 3.63) is 40.8 Å². The van der Waals surface area contributed by atoms with E-state index in [1.54, 1.807) is 32.9 Å². The van der Waals surface area contributed by atoms with E-state index in [2.05, 4.69) is 14.9 Å². The molecule has 0 spiro atoms. The van der Waals surface area contributed by atoms with Crippen molar-refractivity contribution >= 4 is 21.6 Å². The molecule has 1 aliphatic carbocycles. The fourth-order valence-corrected chi connectivity index (χ4v) is 4.68. The molecule has 27 heavy (non-hydrogen) atoms. The highest BCUT2D eigenvalue weighted by Gasteiger charge is 2.34. The monoisotopic (exact) mass is 413 g/mol. The minimum absolute atomic E-state index is 0.0521. The predicted molar refractivity (Wildman–Crippen MR) is 106 cm³/mol. The van der Waals surface area contributed by atoms with Crippen molar-refractivity contribution in [3.8, 4) is 11.3 Å². The predicted octanol–water partition coefficient (Wildman–Crippen LogP) is 4.61. The summed E-state index contributed by atoms with van der Waals surface area (Å²) in [5, 5.41) is 7.90. The smallest absolute Gasteiger partial charge is 0.216 e. The van der Waals surface area contributed by atoms with Gasteiger partial charge in [-0.25, -0.2) is 17.5 Å². The molecule has 0 radical (unpaired) electrons. The highest BCUT2D eigenvalue weighted by molar-refractivity contribution is 7.90. The first-order valence-corrected chi connectivity index (χ1v) is 11.0. The van der Waals surface area contributed by atoms with Gasteiger partial charge in [-0.3, -0.25) is 5.10 Å². The summed E-state index contributed by atoms with van der Waals surface area (Å²) in [6, 6.07) is 6.02. The highest BCUT2D eigenvalue weighted by Crippen LogP contribution is 2.39. The van der Waals surface area contributed by atoms with E-state index in [0.29, 0.717) is 10.7 Å². The van der Waals surface area contributed by atoms with E-state index in [9.17, 15) is 12.8 Å². The van der Waals surface area contributed by atoms with Gasteiger partial charge in [-0.15, -0.1) is 0 Å². The van der Waals surface area contributed by atoms with Crippen LogP contribution in [0.3, 0.4) is 0 Å². The van der Waals surface area contributed by atoms with E-state index in [4.69, 9.17) is 11.6 Å². The van der Waals surface area contributed by atoms with Gasteiger partial charge in [0, 0.05) is 17.5 Å². The van der Waals surface area contributed by atoms with E-state index >= 15 is 0 Å². The molecule has 0 saturated heterocycles. The summed E-state index contributed by atoms with van der Waals surface area (Å²) >= 11 is 6.54. The number of aromatic amines is 1. The molecule has 3 rings (SSSR count). The number of H-pyrrole nitrogens is 1. The SMILES string of the molecule is CC(C)(C)S(=O)(=O)NC1CCC(c2[nH]nc(-c3ccc(F)cc3)c2Cl)CC1. The second-order valence-electron chi connectivity index (χ2n) is 8.09. The summed E-state index contributed by atoms with van der Waals surface area (Å²) in [6.45, 7) is 5.09. The summed E-state index contributed by atoms with van der Waals surface area (Å²) in [6.07, 6.45) is 3.15. The van der Waals surface area contributed by atoms with Crippen LogP contribution in [0.15, 0.2) is 24.3 Å². The Kier molecular flexibility index (Phi) is 5.66. The Morgan fingerprint density at radius 1 is 1.15 bits per heavy atom. The van der Waals surface area contributed by atoms with Crippen LogP contribution in [0.2, 0.25) is 5.02 Å². The fourth-order valence-electron chi connectivity index (χ4n) is 3.31. The van der Waals surface area contributed by atoms with Crippen LogP contribution in [0.1, 0.15) is 58.1 Å². The third-order valence-electron chi connectivity index (χ3n) is 5.11. The van der Waals surface area contributed by atoms with E-state index in [-0.39, 0.29) is 17.8 Å². The molecular weight excluding hydrogens is 389 g/mol. The summed E-state index contributed by atoms with van der Waals surface area (Å²) in [5.41, 5.74) is 2.24. The van der Waals surface area contributed by atoms with E-state index in [1.807, 2.05) is 0 Å². The lowest BCUT2D eigenvalue weighted by atomic mass is 9.84. The Morgan fingerprint density at radius 3 is 2.30 bits per heavy atom. The minimum Gasteiger partial charge on any atom is -0.280 e. The van der Waals surface area contributed by atoms with Crippen LogP contribution in [-0.4, -0.2) is 29.4 Å². The van der Waals surface area contributed by atoms with Gasteiger partial charge in [-0.05, 0) is 70.7 Å². The second-order valence-corrected chi connectivity index (χ2v) is 10.9.